The molecule has 0 aliphatic heterocycles. The van der Waals surface area contributed by atoms with Crippen molar-refractivity contribution in [3.63, 3.8) is 0 Å². The van der Waals surface area contributed by atoms with Gasteiger partial charge in [-0.3, -0.25) is 0 Å². The smallest absolute Gasteiger partial charge is 0.0331 e. The molecule has 0 aromatic carbocycles. The Kier molecular flexibility index (Phi) is 7.60. The normalized spacial score (nSPS) is 12.9. The lowest BCUT2D eigenvalue weighted by molar-refractivity contribution is 0.478. The fourth-order valence-corrected chi connectivity index (χ4v) is 3.55. The molecule has 1 unspecified atom stereocenters. The zero-order valence-corrected chi connectivity index (χ0v) is 13.3. The maximum atomic E-state index is 3.65. The van der Waals surface area contributed by atoms with E-state index in [4.69, 9.17) is 0 Å². The van der Waals surface area contributed by atoms with Gasteiger partial charge in [0, 0.05) is 15.8 Å². The van der Waals surface area contributed by atoms with Gasteiger partial charge in [-0.25, -0.2) is 0 Å². The van der Waals surface area contributed by atoms with Crippen LogP contribution >= 0.6 is 11.3 Å². The molecule has 0 saturated heterocycles. The highest BCUT2D eigenvalue weighted by molar-refractivity contribution is 7.12. The van der Waals surface area contributed by atoms with E-state index >= 15 is 0 Å². The van der Waals surface area contributed by atoms with Crippen LogP contribution in [0.1, 0.15) is 73.7 Å². The molecular formula is C16H29NS. The van der Waals surface area contributed by atoms with Gasteiger partial charge < -0.3 is 5.32 Å². The van der Waals surface area contributed by atoms with E-state index in [0.29, 0.717) is 6.04 Å². The second-order valence-corrected chi connectivity index (χ2v) is 6.64. The van der Waals surface area contributed by atoms with Crippen LogP contribution in [0.4, 0.5) is 0 Å². The molecule has 1 aromatic rings. The van der Waals surface area contributed by atoms with Gasteiger partial charge in [-0.2, -0.15) is 0 Å². The predicted octanol–water partition coefficient (Wildman–Crippen LogP) is 5.38. The van der Waals surface area contributed by atoms with Crippen LogP contribution in [0.15, 0.2) is 6.07 Å². The first-order chi connectivity index (χ1) is 8.69. The number of rotatable bonds is 9. The summed E-state index contributed by atoms with van der Waals surface area (Å²) in [6, 6.07) is 2.95. The minimum absolute atomic E-state index is 0.571. The average Bonchev–Trinajstić information content (AvgIpc) is 2.67. The molecule has 0 radical (unpaired) electrons. The maximum absolute atomic E-state index is 3.65. The van der Waals surface area contributed by atoms with Gasteiger partial charge in [-0.15, -0.1) is 11.3 Å². The molecule has 0 aliphatic rings. The van der Waals surface area contributed by atoms with Crippen LogP contribution in [0, 0.1) is 13.8 Å². The van der Waals surface area contributed by atoms with Gasteiger partial charge in [0.15, 0.2) is 0 Å². The Labute approximate surface area is 117 Å². The van der Waals surface area contributed by atoms with Gasteiger partial charge in [0.1, 0.15) is 0 Å². The van der Waals surface area contributed by atoms with Crippen molar-refractivity contribution in [2.75, 3.05) is 6.54 Å². The molecule has 0 aliphatic carbocycles. The molecule has 0 fully saturated rings. The lowest BCUT2D eigenvalue weighted by Crippen LogP contribution is -2.21. The Hall–Kier alpha value is -0.340. The van der Waals surface area contributed by atoms with E-state index < -0.39 is 0 Å². The van der Waals surface area contributed by atoms with Crippen LogP contribution in [-0.4, -0.2) is 6.54 Å². The summed E-state index contributed by atoms with van der Waals surface area (Å²) in [4.78, 5) is 2.93. The molecule has 1 nitrogen and oxygen atoms in total. The van der Waals surface area contributed by atoms with Crippen molar-refractivity contribution in [1.29, 1.82) is 0 Å². The zero-order chi connectivity index (χ0) is 13.4. The van der Waals surface area contributed by atoms with Crippen LogP contribution in [0.5, 0.6) is 0 Å². The van der Waals surface area contributed by atoms with Crippen molar-refractivity contribution in [2.24, 2.45) is 0 Å². The van der Waals surface area contributed by atoms with Crippen molar-refractivity contribution in [1.82, 2.24) is 5.32 Å². The lowest BCUT2D eigenvalue weighted by Gasteiger charge is -2.18. The molecule has 18 heavy (non-hydrogen) atoms. The monoisotopic (exact) mass is 267 g/mol. The molecular weight excluding hydrogens is 238 g/mol. The van der Waals surface area contributed by atoms with Gasteiger partial charge in [0.05, 0.1) is 0 Å². The minimum Gasteiger partial charge on any atom is -0.310 e. The quantitative estimate of drug-likeness (QED) is 0.593. The zero-order valence-electron chi connectivity index (χ0n) is 12.5. The summed E-state index contributed by atoms with van der Waals surface area (Å²) >= 11 is 1.93. The maximum Gasteiger partial charge on any atom is 0.0331 e. The van der Waals surface area contributed by atoms with Crippen molar-refractivity contribution in [2.45, 2.75) is 72.3 Å². The van der Waals surface area contributed by atoms with Gasteiger partial charge in [-0.05, 0) is 38.4 Å². The van der Waals surface area contributed by atoms with E-state index in [1.807, 2.05) is 11.3 Å². The van der Waals surface area contributed by atoms with E-state index in [1.165, 1.54) is 53.8 Å². The van der Waals surface area contributed by atoms with E-state index in [2.05, 4.69) is 39.1 Å². The predicted molar refractivity (Wildman–Crippen MR) is 83.6 cm³/mol. The number of hydrogen-bond acceptors (Lipinski definition) is 2. The second kappa shape index (κ2) is 8.71. The van der Waals surface area contributed by atoms with Crippen LogP contribution in [-0.2, 0) is 0 Å². The summed E-state index contributed by atoms with van der Waals surface area (Å²) in [5.74, 6) is 0. The Morgan fingerprint density at radius 1 is 1.11 bits per heavy atom. The fourth-order valence-electron chi connectivity index (χ4n) is 2.56. The molecule has 1 heterocycles. The summed E-state index contributed by atoms with van der Waals surface area (Å²) in [5.41, 5.74) is 1.54. The Morgan fingerprint density at radius 3 is 2.39 bits per heavy atom. The van der Waals surface area contributed by atoms with Gasteiger partial charge >= 0.3 is 0 Å². The number of hydrogen-bond donors (Lipinski definition) is 1. The largest absolute Gasteiger partial charge is 0.310 e. The minimum atomic E-state index is 0.571. The molecule has 0 bridgehead atoms. The lowest BCUT2D eigenvalue weighted by atomic mass is 10.00. The van der Waals surface area contributed by atoms with E-state index in [1.54, 1.807) is 0 Å². The van der Waals surface area contributed by atoms with Crippen LogP contribution in [0.2, 0.25) is 0 Å². The molecule has 0 saturated carbocycles. The first-order valence-electron chi connectivity index (χ1n) is 7.49. The first-order valence-corrected chi connectivity index (χ1v) is 8.31. The average molecular weight is 267 g/mol. The standard InChI is InChI=1S/C16H29NS/c1-5-7-8-9-10-11-16(17-6-2)15-12-13(3)18-14(15)4/h12,16-17H,5-11H2,1-4H3. The first kappa shape index (κ1) is 15.7. The summed E-state index contributed by atoms with van der Waals surface area (Å²) < 4.78 is 0. The molecule has 1 N–H and O–H groups in total. The molecule has 1 aromatic heterocycles. The summed E-state index contributed by atoms with van der Waals surface area (Å²) in [7, 11) is 0. The van der Waals surface area contributed by atoms with Crippen molar-refractivity contribution >= 4 is 11.3 Å². The SMILES string of the molecule is CCCCCCCC(NCC)c1cc(C)sc1C. The highest BCUT2D eigenvalue weighted by Crippen LogP contribution is 2.29. The Bertz CT molecular complexity index is 330. The van der Waals surface area contributed by atoms with E-state index in [-0.39, 0.29) is 0 Å². The third kappa shape index (κ3) is 5.11. The second-order valence-electron chi connectivity index (χ2n) is 5.18. The molecule has 2 heteroatoms. The summed E-state index contributed by atoms with van der Waals surface area (Å²) in [6.45, 7) is 10.0. The number of aryl methyl sites for hydroxylation is 2. The number of nitrogens with one attached hydrogen (secondary N) is 1. The third-order valence-electron chi connectivity index (χ3n) is 3.50. The number of unbranched alkanes of at least 4 members (excludes halogenated alkanes) is 4. The molecule has 0 amide bonds. The summed E-state index contributed by atoms with van der Waals surface area (Å²) in [5, 5.41) is 3.65. The van der Waals surface area contributed by atoms with Crippen molar-refractivity contribution in [3.8, 4) is 0 Å². The van der Waals surface area contributed by atoms with Crippen molar-refractivity contribution in [3.05, 3.63) is 21.4 Å². The van der Waals surface area contributed by atoms with Crippen LogP contribution in [0.3, 0.4) is 0 Å². The van der Waals surface area contributed by atoms with E-state index in [0.717, 1.165) is 6.54 Å². The number of thiophene rings is 1. The van der Waals surface area contributed by atoms with Gasteiger partial charge in [-0.1, -0.05) is 46.0 Å². The third-order valence-corrected chi connectivity index (χ3v) is 4.48. The topological polar surface area (TPSA) is 12.0 Å². The highest BCUT2D eigenvalue weighted by atomic mass is 32.1. The van der Waals surface area contributed by atoms with Crippen molar-refractivity contribution < 1.29 is 0 Å². The Balaban J connectivity index is 2.47. The molecule has 0 spiro atoms. The molecule has 1 rings (SSSR count). The van der Waals surface area contributed by atoms with E-state index in [9.17, 15) is 0 Å². The van der Waals surface area contributed by atoms with Crippen LogP contribution in [0.25, 0.3) is 0 Å². The highest BCUT2D eigenvalue weighted by Gasteiger charge is 2.14. The molecule has 104 valence electrons. The Morgan fingerprint density at radius 2 is 1.83 bits per heavy atom. The molecule has 1 atom stereocenters. The van der Waals surface area contributed by atoms with Gasteiger partial charge in [0.25, 0.3) is 0 Å². The van der Waals surface area contributed by atoms with Crippen LogP contribution < -0.4 is 5.32 Å². The fraction of sp³-hybridized carbons (Fsp3) is 0.750. The van der Waals surface area contributed by atoms with Gasteiger partial charge in [0.2, 0.25) is 0 Å². The summed E-state index contributed by atoms with van der Waals surface area (Å²) in [6.07, 6.45) is 8.15.